The van der Waals surface area contributed by atoms with E-state index in [1.54, 1.807) is 0 Å². The average molecular weight is 214 g/mol. The topological polar surface area (TPSA) is 36.4 Å². The van der Waals surface area contributed by atoms with E-state index in [9.17, 15) is 0 Å². The second-order valence-corrected chi connectivity index (χ2v) is 4.23. The summed E-state index contributed by atoms with van der Waals surface area (Å²) in [5.74, 6) is 0. The molecule has 0 bridgehead atoms. The molecular formula is C10H16ClN3. The van der Waals surface area contributed by atoms with Gasteiger partial charge in [0.25, 0.3) is 0 Å². The highest BCUT2D eigenvalue weighted by Gasteiger charge is 2.15. The summed E-state index contributed by atoms with van der Waals surface area (Å²) in [5, 5.41) is 7.15. The van der Waals surface area contributed by atoms with Crippen LogP contribution in [-0.2, 0) is 0 Å². The van der Waals surface area contributed by atoms with Gasteiger partial charge in [-0.1, -0.05) is 30.9 Å². The molecule has 4 heteroatoms. The van der Waals surface area contributed by atoms with Crippen molar-refractivity contribution in [1.29, 1.82) is 0 Å². The van der Waals surface area contributed by atoms with Gasteiger partial charge in [0, 0.05) is 12.3 Å². The van der Waals surface area contributed by atoms with Crippen molar-refractivity contribution >= 4 is 17.8 Å². The van der Waals surface area contributed by atoms with Crippen molar-refractivity contribution in [1.82, 2.24) is 10.6 Å². The first-order valence-corrected chi connectivity index (χ1v) is 5.64. The summed E-state index contributed by atoms with van der Waals surface area (Å²) in [5.41, 5.74) is 0.949. The Kier molecular flexibility index (Phi) is 3.30. The van der Waals surface area contributed by atoms with E-state index in [0.29, 0.717) is 17.9 Å². The van der Waals surface area contributed by atoms with Crippen molar-refractivity contribution in [3.63, 3.8) is 0 Å². The van der Waals surface area contributed by atoms with Gasteiger partial charge in [-0.25, -0.2) is 0 Å². The van der Waals surface area contributed by atoms with Gasteiger partial charge in [0.1, 0.15) is 11.8 Å². The van der Waals surface area contributed by atoms with Crippen LogP contribution in [0.5, 0.6) is 0 Å². The van der Waals surface area contributed by atoms with Crippen LogP contribution in [0.2, 0.25) is 0 Å². The number of allylic oxidation sites excluding steroid dienone is 1. The Morgan fingerprint density at radius 3 is 2.86 bits per heavy atom. The summed E-state index contributed by atoms with van der Waals surface area (Å²) in [7, 11) is 0. The van der Waals surface area contributed by atoms with Gasteiger partial charge in [-0.05, 0) is 12.8 Å². The highest BCUT2D eigenvalue weighted by Crippen LogP contribution is 2.19. The molecule has 0 aromatic heterocycles. The fourth-order valence-electron chi connectivity index (χ4n) is 1.97. The number of aliphatic imine (C=N–C) groups is 1. The lowest BCUT2D eigenvalue weighted by Crippen LogP contribution is -2.34. The first-order chi connectivity index (χ1) is 6.86. The maximum Gasteiger partial charge on any atom is 0.128 e. The van der Waals surface area contributed by atoms with Crippen LogP contribution in [0.1, 0.15) is 32.1 Å². The molecule has 2 N–H and O–H groups in total. The molecule has 1 heterocycles. The fraction of sp³-hybridized carbons (Fsp3) is 0.700. The van der Waals surface area contributed by atoms with Crippen LogP contribution in [0.15, 0.2) is 15.8 Å². The Morgan fingerprint density at radius 1 is 1.36 bits per heavy atom. The normalized spacial score (nSPS) is 23.5. The third-order valence-electron chi connectivity index (χ3n) is 2.75. The van der Waals surface area contributed by atoms with Crippen molar-refractivity contribution in [3.05, 3.63) is 10.9 Å². The maximum atomic E-state index is 6.02. The van der Waals surface area contributed by atoms with Gasteiger partial charge in [-0.15, -0.1) is 0 Å². The third kappa shape index (κ3) is 2.41. The number of hydrogen-bond acceptors (Lipinski definition) is 3. The molecule has 1 fully saturated rings. The number of rotatable bonds is 2. The van der Waals surface area contributed by atoms with Crippen molar-refractivity contribution < 1.29 is 0 Å². The SMILES string of the molecule is ClC1=C(NC2CCCCC2)C=NCN1. The highest BCUT2D eigenvalue weighted by atomic mass is 35.5. The molecule has 0 aromatic rings. The van der Waals surface area contributed by atoms with Crippen molar-refractivity contribution in [3.8, 4) is 0 Å². The molecule has 1 aliphatic heterocycles. The summed E-state index contributed by atoms with van der Waals surface area (Å²) in [6.07, 6.45) is 8.36. The van der Waals surface area contributed by atoms with E-state index in [2.05, 4.69) is 15.6 Å². The molecule has 1 saturated carbocycles. The van der Waals surface area contributed by atoms with Gasteiger partial charge in [-0.3, -0.25) is 4.99 Å². The lowest BCUT2D eigenvalue weighted by Gasteiger charge is -2.25. The molecule has 0 unspecified atom stereocenters. The Labute approximate surface area is 89.6 Å². The zero-order chi connectivity index (χ0) is 9.80. The molecule has 0 aromatic carbocycles. The molecule has 1 aliphatic carbocycles. The molecule has 0 amide bonds. The van der Waals surface area contributed by atoms with Gasteiger partial charge in [0.15, 0.2) is 0 Å². The van der Waals surface area contributed by atoms with E-state index in [4.69, 9.17) is 11.6 Å². The average Bonchev–Trinajstić information content (AvgIpc) is 2.23. The summed E-state index contributed by atoms with van der Waals surface area (Å²) in [6, 6.07) is 0.582. The van der Waals surface area contributed by atoms with Gasteiger partial charge in [-0.2, -0.15) is 0 Å². The molecular weight excluding hydrogens is 198 g/mol. The van der Waals surface area contributed by atoms with Crippen LogP contribution < -0.4 is 10.6 Å². The van der Waals surface area contributed by atoms with Crippen molar-refractivity contribution in [2.75, 3.05) is 6.67 Å². The quantitative estimate of drug-likeness (QED) is 0.688. The summed E-state index contributed by atoms with van der Waals surface area (Å²) >= 11 is 6.02. The third-order valence-corrected chi connectivity index (χ3v) is 3.08. The molecule has 0 radical (unpaired) electrons. The van der Waals surface area contributed by atoms with E-state index in [-0.39, 0.29) is 0 Å². The van der Waals surface area contributed by atoms with Crippen LogP contribution in [0, 0.1) is 0 Å². The lowest BCUT2D eigenvalue weighted by atomic mass is 9.95. The Hall–Kier alpha value is -0.700. The van der Waals surface area contributed by atoms with E-state index < -0.39 is 0 Å². The monoisotopic (exact) mass is 213 g/mol. The van der Waals surface area contributed by atoms with E-state index >= 15 is 0 Å². The molecule has 0 atom stereocenters. The standard InChI is InChI=1S/C10H16ClN3/c11-10-9(6-12-7-13-10)14-8-4-2-1-3-5-8/h6,8,13-14H,1-5,7H2. The second-order valence-electron chi connectivity index (χ2n) is 3.85. The maximum absolute atomic E-state index is 6.02. The summed E-state index contributed by atoms with van der Waals surface area (Å²) in [6.45, 7) is 0.592. The van der Waals surface area contributed by atoms with E-state index in [0.717, 1.165) is 5.70 Å². The molecule has 0 spiro atoms. The number of halogens is 1. The van der Waals surface area contributed by atoms with Gasteiger partial charge < -0.3 is 10.6 Å². The molecule has 14 heavy (non-hydrogen) atoms. The zero-order valence-electron chi connectivity index (χ0n) is 8.22. The van der Waals surface area contributed by atoms with Crippen molar-refractivity contribution in [2.45, 2.75) is 38.1 Å². The smallest absolute Gasteiger partial charge is 0.128 e. The van der Waals surface area contributed by atoms with Crippen LogP contribution in [-0.4, -0.2) is 18.9 Å². The zero-order valence-corrected chi connectivity index (χ0v) is 8.98. The van der Waals surface area contributed by atoms with Crippen LogP contribution >= 0.6 is 11.6 Å². The minimum Gasteiger partial charge on any atom is -0.379 e. The number of nitrogens with one attached hydrogen (secondary N) is 2. The van der Waals surface area contributed by atoms with Crippen LogP contribution in [0.3, 0.4) is 0 Å². The van der Waals surface area contributed by atoms with E-state index in [1.807, 2.05) is 6.21 Å². The molecule has 78 valence electrons. The minimum atomic E-state index is 0.582. The molecule has 3 nitrogen and oxygen atoms in total. The Morgan fingerprint density at radius 2 is 2.14 bits per heavy atom. The Bertz CT molecular complexity index is 254. The number of hydrogen-bond donors (Lipinski definition) is 2. The molecule has 2 aliphatic rings. The van der Waals surface area contributed by atoms with Crippen LogP contribution in [0.4, 0.5) is 0 Å². The first kappa shape index (κ1) is 9.84. The Balaban J connectivity index is 1.92. The predicted molar refractivity (Wildman–Crippen MR) is 59.4 cm³/mol. The lowest BCUT2D eigenvalue weighted by molar-refractivity contribution is 0.399. The molecule has 0 saturated heterocycles. The first-order valence-electron chi connectivity index (χ1n) is 5.26. The predicted octanol–water partition coefficient (Wildman–Crippen LogP) is 1.95. The van der Waals surface area contributed by atoms with Crippen LogP contribution in [0.25, 0.3) is 0 Å². The fourth-order valence-corrected chi connectivity index (χ4v) is 2.13. The summed E-state index contributed by atoms with van der Waals surface area (Å²) in [4.78, 5) is 4.13. The van der Waals surface area contributed by atoms with Crippen molar-refractivity contribution in [2.24, 2.45) is 4.99 Å². The summed E-state index contributed by atoms with van der Waals surface area (Å²) < 4.78 is 0. The van der Waals surface area contributed by atoms with E-state index in [1.165, 1.54) is 32.1 Å². The minimum absolute atomic E-state index is 0.582. The largest absolute Gasteiger partial charge is 0.379 e. The number of nitrogens with zero attached hydrogens (tertiary/aromatic N) is 1. The van der Waals surface area contributed by atoms with Gasteiger partial charge >= 0.3 is 0 Å². The highest BCUT2D eigenvalue weighted by molar-refractivity contribution is 6.31. The van der Waals surface area contributed by atoms with Gasteiger partial charge in [0.2, 0.25) is 0 Å². The second kappa shape index (κ2) is 4.69. The molecule has 2 rings (SSSR count). The van der Waals surface area contributed by atoms with Gasteiger partial charge in [0.05, 0.1) is 5.70 Å².